The molecule has 0 aliphatic heterocycles. The van der Waals surface area contributed by atoms with Gasteiger partial charge in [-0.25, -0.2) is 4.79 Å². The van der Waals surface area contributed by atoms with Gasteiger partial charge in [0.1, 0.15) is 5.75 Å². The summed E-state index contributed by atoms with van der Waals surface area (Å²) in [6.45, 7) is 1.16. The Morgan fingerprint density at radius 3 is 2.22 bits per heavy atom. The van der Waals surface area contributed by atoms with Crippen molar-refractivity contribution in [3.63, 3.8) is 0 Å². The van der Waals surface area contributed by atoms with Crippen molar-refractivity contribution in [3.05, 3.63) is 58.1 Å². The fraction of sp³-hybridized carbons (Fsp3) is 0.167. The molecule has 9 heteroatoms. The molecule has 0 unspecified atom stereocenters. The minimum atomic E-state index is -1.05. The summed E-state index contributed by atoms with van der Waals surface area (Å²) in [7, 11) is 0. The molecule has 7 nitrogen and oxygen atoms in total. The van der Waals surface area contributed by atoms with E-state index in [-0.39, 0.29) is 12.2 Å². The number of primary amides is 1. The van der Waals surface area contributed by atoms with Crippen LogP contribution in [0.5, 0.6) is 5.75 Å². The summed E-state index contributed by atoms with van der Waals surface area (Å²) in [5.41, 5.74) is 5.58. The van der Waals surface area contributed by atoms with E-state index in [1.54, 1.807) is 0 Å². The Labute approximate surface area is 165 Å². The molecular formula is C18H16Cl2N2O5. The van der Waals surface area contributed by atoms with E-state index >= 15 is 0 Å². The number of amides is 2. The number of nitrogens with one attached hydrogen (secondary N) is 1. The van der Waals surface area contributed by atoms with Crippen LogP contribution in [0.4, 0.5) is 5.69 Å². The van der Waals surface area contributed by atoms with Crippen molar-refractivity contribution in [3.8, 4) is 5.75 Å². The molecule has 27 heavy (non-hydrogen) atoms. The van der Waals surface area contributed by atoms with Crippen molar-refractivity contribution in [1.29, 1.82) is 0 Å². The molecule has 2 amide bonds. The van der Waals surface area contributed by atoms with E-state index in [1.165, 1.54) is 49.4 Å². The van der Waals surface area contributed by atoms with E-state index < -0.39 is 23.9 Å². The second-order valence-electron chi connectivity index (χ2n) is 5.47. The highest BCUT2D eigenvalue weighted by Crippen LogP contribution is 2.22. The van der Waals surface area contributed by atoms with Gasteiger partial charge in [0.05, 0.1) is 5.56 Å². The van der Waals surface area contributed by atoms with E-state index in [2.05, 4.69) is 5.32 Å². The van der Waals surface area contributed by atoms with Gasteiger partial charge in [-0.2, -0.15) is 0 Å². The Morgan fingerprint density at radius 1 is 1.07 bits per heavy atom. The summed E-state index contributed by atoms with van der Waals surface area (Å²) < 4.78 is 10.2. The number of nitrogens with two attached hydrogens (primary N) is 1. The normalized spacial score (nSPS) is 11.4. The molecular weight excluding hydrogens is 395 g/mol. The Bertz CT molecular complexity index is 835. The zero-order chi connectivity index (χ0) is 20.0. The Balaban J connectivity index is 1.93. The van der Waals surface area contributed by atoms with E-state index in [0.717, 1.165) is 0 Å². The van der Waals surface area contributed by atoms with E-state index in [4.69, 9.17) is 38.4 Å². The number of ether oxygens (including phenoxy) is 2. The van der Waals surface area contributed by atoms with Gasteiger partial charge in [-0.05, 0) is 49.4 Å². The van der Waals surface area contributed by atoms with Crippen LogP contribution in [0.1, 0.15) is 17.3 Å². The van der Waals surface area contributed by atoms with Gasteiger partial charge >= 0.3 is 5.97 Å². The van der Waals surface area contributed by atoms with Crippen LogP contribution in [0.25, 0.3) is 0 Å². The summed E-state index contributed by atoms with van der Waals surface area (Å²) in [4.78, 5) is 35.0. The number of carbonyl (C=O) groups excluding carboxylic acids is 3. The maximum Gasteiger partial charge on any atom is 0.338 e. The first-order valence-electron chi connectivity index (χ1n) is 7.73. The Morgan fingerprint density at radius 2 is 1.67 bits per heavy atom. The molecule has 1 atom stereocenters. The van der Waals surface area contributed by atoms with Gasteiger partial charge in [-0.3, -0.25) is 9.59 Å². The average molecular weight is 411 g/mol. The lowest BCUT2D eigenvalue weighted by Gasteiger charge is -2.14. The first-order chi connectivity index (χ1) is 12.7. The molecule has 0 bridgehead atoms. The maximum absolute atomic E-state index is 12.2. The fourth-order valence-electron chi connectivity index (χ4n) is 1.99. The van der Waals surface area contributed by atoms with E-state index in [0.29, 0.717) is 21.5 Å². The predicted octanol–water partition coefficient (Wildman–Crippen LogP) is 3.04. The minimum absolute atomic E-state index is 0.215. The molecule has 0 saturated carbocycles. The van der Waals surface area contributed by atoms with E-state index in [9.17, 15) is 14.4 Å². The van der Waals surface area contributed by atoms with E-state index in [1.807, 2.05) is 0 Å². The van der Waals surface area contributed by atoms with Gasteiger partial charge in [0.15, 0.2) is 12.7 Å². The molecule has 0 aliphatic carbocycles. The monoisotopic (exact) mass is 410 g/mol. The lowest BCUT2D eigenvalue weighted by atomic mass is 10.2. The Kier molecular flexibility index (Phi) is 7.04. The van der Waals surface area contributed by atoms with Gasteiger partial charge in [-0.15, -0.1) is 0 Å². The van der Waals surface area contributed by atoms with Gasteiger partial charge in [0.2, 0.25) is 0 Å². The summed E-state index contributed by atoms with van der Waals surface area (Å²) in [6.07, 6.45) is -1.05. The standard InChI is InChI=1S/C18H16Cl2N2O5/c1-10(17(24)22-14-7-12(19)6-13(20)8-14)27-18(25)11-2-4-15(5-3-11)26-9-16(21)23/h2-8,10H,9H2,1H3,(H2,21,23)(H,22,24)/t10-/m0/s1. The average Bonchev–Trinajstić information content (AvgIpc) is 2.59. The fourth-order valence-corrected chi connectivity index (χ4v) is 2.52. The molecule has 3 N–H and O–H groups in total. The number of hydrogen-bond donors (Lipinski definition) is 2. The zero-order valence-corrected chi connectivity index (χ0v) is 15.7. The lowest BCUT2D eigenvalue weighted by molar-refractivity contribution is -0.123. The summed E-state index contributed by atoms with van der Waals surface area (Å²) in [6, 6.07) is 10.4. The zero-order valence-electron chi connectivity index (χ0n) is 14.2. The highest BCUT2D eigenvalue weighted by molar-refractivity contribution is 6.35. The van der Waals surface area contributed by atoms with Gasteiger partial charge < -0.3 is 20.5 Å². The molecule has 0 saturated heterocycles. The number of hydrogen-bond acceptors (Lipinski definition) is 5. The highest BCUT2D eigenvalue weighted by atomic mass is 35.5. The number of halogens is 2. The molecule has 2 rings (SSSR count). The van der Waals surface area contributed by atoms with Crippen molar-refractivity contribution in [2.45, 2.75) is 13.0 Å². The number of rotatable bonds is 7. The van der Waals surface area contributed by atoms with Crippen LogP contribution in [0.15, 0.2) is 42.5 Å². The van der Waals surface area contributed by atoms with Crippen LogP contribution in [-0.4, -0.2) is 30.5 Å². The molecule has 0 aliphatic rings. The molecule has 0 fully saturated rings. The summed E-state index contributed by atoms with van der Waals surface area (Å²) in [5, 5.41) is 3.29. The third-order valence-corrected chi connectivity index (χ3v) is 3.69. The molecule has 2 aromatic rings. The van der Waals surface area contributed by atoms with Crippen LogP contribution < -0.4 is 15.8 Å². The smallest absolute Gasteiger partial charge is 0.338 e. The van der Waals surface area contributed by atoms with Crippen LogP contribution in [0.2, 0.25) is 10.0 Å². The second-order valence-corrected chi connectivity index (χ2v) is 6.35. The lowest BCUT2D eigenvalue weighted by Crippen LogP contribution is -2.30. The molecule has 0 heterocycles. The topological polar surface area (TPSA) is 108 Å². The number of carbonyl (C=O) groups is 3. The third kappa shape index (κ3) is 6.47. The SMILES string of the molecule is C[C@H](OC(=O)c1ccc(OCC(N)=O)cc1)C(=O)Nc1cc(Cl)cc(Cl)c1. The number of benzene rings is 2. The van der Waals surface area contributed by atoms with Crippen molar-refractivity contribution < 1.29 is 23.9 Å². The van der Waals surface area contributed by atoms with Crippen LogP contribution >= 0.6 is 23.2 Å². The highest BCUT2D eigenvalue weighted by Gasteiger charge is 2.19. The Hall–Kier alpha value is -2.77. The van der Waals surface area contributed by atoms with Crippen molar-refractivity contribution >= 4 is 46.7 Å². The number of esters is 1. The largest absolute Gasteiger partial charge is 0.484 e. The predicted molar refractivity (Wildman–Crippen MR) is 101 cm³/mol. The molecule has 2 aromatic carbocycles. The first-order valence-corrected chi connectivity index (χ1v) is 8.49. The number of anilines is 1. The van der Waals surface area contributed by atoms with Crippen molar-refractivity contribution in [1.82, 2.24) is 0 Å². The second kappa shape index (κ2) is 9.25. The molecule has 0 radical (unpaired) electrons. The van der Waals surface area contributed by atoms with Crippen molar-refractivity contribution in [2.24, 2.45) is 5.73 Å². The molecule has 142 valence electrons. The van der Waals surface area contributed by atoms with Crippen LogP contribution in [0.3, 0.4) is 0 Å². The third-order valence-electron chi connectivity index (χ3n) is 3.25. The maximum atomic E-state index is 12.2. The van der Waals surface area contributed by atoms with Crippen molar-refractivity contribution in [2.75, 3.05) is 11.9 Å². The molecule has 0 spiro atoms. The van der Waals surface area contributed by atoms with Gasteiger partial charge in [0, 0.05) is 15.7 Å². The van der Waals surface area contributed by atoms with Gasteiger partial charge in [0.25, 0.3) is 11.8 Å². The van der Waals surface area contributed by atoms with Crippen LogP contribution in [0, 0.1) is 0 Å². The minimum Gasteiger partial charge on any atom is -0.484 e. The summed E-state index contributed by atoms with van der Waals surface area (Å²) >= 11 is 11.7. The van der Waals surface area contributed by atoms with Gasteiger partial charge in [-0.1, -0.05) is 23.2 Å². The molecule has 0 aromatic heterocycles. The summed E-state index contributed by atoms with van der Waals surface area (Å²) in [5.74, 6) is -1.47. The quantitative estimate of drug-likeness (QED) is 0.681. The van der Waals surface area contributed by atoms with Crippen LogP contribution in [-0.2, 0) is 14.3 Å². The first kappa shape index (κ1) is 20.5.